The maximum absolute atomic E-state index is 13.2. The molecule has 140 valence electrons. The molecule has 0 radical (unpaired) electrons. The molecule has 3 saturated heterocycles. The molecule has 1 amide bonds. The fraction of sp³-hybridized carbons (Fsp3) is 0.478. The molecule has 4 aliphatic rings. The average Bonchev–Trinajstić information content (AvgIpc) is 3.03. The van der Waals surface area contributed by atoms with Gasteiger partial charge in [-0.15, -0.1) is 0 Å². The molecule has 0 saturated carbocycles. The average molecular weight is 361 g/mol. The van der Waals surface area contributed by atoms with Crippen LogP contribution >= 0.6 is 0 Å². The molecule has 4 heteroatoms. The summed E-state index contributed by atoms with van der Waals surface area (Å²) in [6.07, 6.45) is 5.67. The van der Waals surface area contributed by atoms with Gasteiger partial charge in [-0.1, -0.05) is 18.2 Å². The van der Waals surface area contributed by atoms with Gasteiger partial charge in [0, 0.05) is 31.5 Å². The van der Waals surface area contributed by atoms with Gasteiger partial charge in [-0.3, -0.25) is 9.78 Å². The highest BCUT2D eigenvalue weighted by atomic mass is 16.2. The quantitative estimate of drug-likeness (QED) is 0.832. The van der Waals surface area contributed by atoms with Gasteiger partial charge in [0.15, 0.2) is 0 Å². The Kier molecular flexibility index (Phi) is 4.24. The zero-order valence-corrected chi connectivity index (χ0v) is 16.0. The summed E-state index contributed by atoms with van der Waals surface area (Å²) in [5, 5.41) is 0. The standard InChI is InChI=1S/C23H27N3O/c1-16-13-18(5-9-24-16)21-4-2-3-20-15-26(23(27)22(20)21)12-8-19-14-25-10-6-17(19)7-11-25/h2-5,9,13,17,19H,6-8,10-12,14-15H2,1H3/t19-/m0/s1. The molecule has 5 heterocycles. The van der Waals surface area contributed by atoms with Crippen LogP contribution in [-0.4, -0.2) is 46.9 Å². The number of pyridine rings is 1. The number of amides is 1. The maximum atomic E-state index is 13.2. The van der Waals surface area contributed by atoms with Gasteiger partial charge < -0.3 is 9.80 Å². The molecule has 27 heavy (non-hydrogen) atoms. The van der Waals surface area contributed by atoms with Gasteiger partial charge in [-0.25, -0.2) is 0 Å². The minimum Gasteiger partial charge on any atom is -0.334 e. The molecule has 0 spiro atoms. The number of hydrogen-bond acceptors (Lipinski definition) is 3. The van der Waals surface area contributed by atoms with Crippen LogP contribution in [0.25, 0.3) is 11.1 Å². The lowest BCUT2D eigenvalue weighted by molar-refractivity contribution is 0.0395. The van der Waals surface area contributed by atoms with Crippen LogP contribution in [0, 0.1) is 18.8 Å². The topological polar surface area (TPSA) is 36.4 Å². The van der Waals surface area contributed by atoms with Gasteiger partial charge in [-0.05, 0) is 79.9 Å². The fourth-order valence-corrected chi connectivity index (χ4v) is 5.29. The van der Waals surface area contributed by atoms with Crippen molar-refractivity contribution < 1.29 is 4.79 Å². The molecule has 6 rings (SSSR count). The van der Waals surface area contributed by atoms with Gasteiger partial charge in [0.2, 0.25) is 0 Å². The maximum Gasteiger partial charge on any atom is 0.255 e. The lowest BCUT2D eigenvalue weighted by Crippen LogP contribution is -2.48. The third kappa shape index (κ3) is 3.06. The molecule has 1 aromatic heterocycles. The van der Waals surface area contributed by atoms with Crippen LogP contribution in [-0.2, 0) is 6.54 Å². The predicted octanol–water partition coefficient (Wildman–Crippen LogP) is 3.74. The molecular weight excluding hydrogens is 334 g/mol. The van der Waals surface area contributed by atoms with Crippen molar-refractivity contribution in [2.75, 3.05) is 26.2 Å². The van der Waals surface area contributed by atoms with Gasteiger partial charge in [0.05, 0.1) is 5.56 Å². The Bertz CT molecular complexity index is 870. The summed E-state index contributed by atoms with van der Waals surface area (Å²) >= 11 is 0. The molecular formula is C23H27N3O. The lowest BCUT2D eigenvalue weighted by Gasteiger charge is -2.45. The SMILES string of the molecule is Cc1cc(-c2cccc3c2C(=O)N(CC[C@H]2CN4CCC2CC4)C3)ccn1. The van der Waals surface area contributed by atoms with E-state index in [0.717, 1.165) is 53.7 Å². The Balaban J connectivity index is 1.34. The molecule has 1 aromatic carbocycles. The first-order valence-electron chi connectivity index (χ1n) is 10.3. The molecule has 0 aliphatic carbocycles. The molecule has 2 bridgehead atoms. The van der Waals surface area contributed by atoms with Crippen molar-refractivity contribution >= 4 is 5.91 Å². The zero-order chi connectivity index (χ0) is 18.4. The van der Waals surface area contributed by atoms with Gasteiger partial charge in [0.25, 0.3) is 5.91 Å². The van der Waals surface area contributed by atoms with Gasteiger partial charge in [0.1, 0.15) is 0 Å². The highest BCUT2D eigenvalue weighted by Gasteiger charge is 2.35. The molecule has 1 atom stereocenters. The Morgan fingerprint density at radius 2 is 2.04 bits per heavy atom. The number of aromatic nitrogens is 1. The monoisotopic (exact) mass is 361 g/mol. The second-order valence-corrected chi connectivity index (χ2v) is 8.44. The Morgan fingerprint density at radius 3 is 2.78 bits per heavy atom. The molecule has 4 nitrogen and oxygen atoms in total. The summed E-state index contributed by atoms with van der Waals surface area (Å²) in [5.74, 6) is 1.85. The minimum absolute atomic E-state index is 0.205. The normalized spacial score (nSPS) is 26.5. The van der Waals surface area contributed by atoms with Crippen molar-refractivity contribution in [2.45, 2.75) is 32.7 Å². The third-order valence-corrected chi connectivity index (χ3v) is 6.78. The van der Waals surface area contributed by atoms with Crippen molar-refractivity contribution in [3.63, 3.8) is 0 Å². The molecule has 3 fully saturated rings. The summed E-state index contributed by atoms with van der Waals surface area (Å²) in [4.78, 5) is 22.2. The first kappa shape index (κ1) is 16.9. The van der Waals surface area contributed by atoms with Gasteiger partial charge in [-0.2, -0.15) is 0 Å². The van der Waals surface area contributed by atoms with E-state index in [0.29, 0.717) is 0 Å². The highest BCUT2D eigenvalue weighted by Crippen LogP contribution is 2.36. The number of nitrogens with zero attached hydrogens (tertiary/aromatic N) is 3. The molecule has 2 aromatic rings. The van der Waals surface area contributed by atoms with E-state index in [1.807, 2.05) is 19.2 Å². The van der Waals surface area contributed by atoms with Crippen LogP contribution in [0.3, 0.4) is 0 Å². The first-order valence-corrected chi connectivity index (χ1v) is 10.3. The van der Waals surface area contributed by atoms with E-state index in [2.05, 4.69) is 39.0 Å². The van der Waals surface area contributed by atoms with Crippen LogP contribution in [0.1, 0.15) is 40.9 Å². The second kappa shape index (κ2) is 6.75. The number of rotatable bonds is 4. The van der Waals surface area contributed by atoms with E-state index in [1.54, 1.807) is 0 Å². The van der Waals surface area contributed by atoms with Crippen molar-refractivity contribution in [2.24, 2.45) is 11.8 Å². The van der Waals surface area contributed by atoms with Crippen molar-refractivity contribution in [1.29, 1.82) is 0 Å². The Morgan fingerprint density at radius 1 is 1.19 bits per heavy atom. The number of fused-ring (bicyclic) bond motifs is 4. The van der Waals surface area contributed by atoms with E-state index in [-0.39, 0.29) is 5.91 Å². The summed E-state index contributed by atoms with van der Waals surface area (Å²) in [6, 6.07) is 10.3. The van der Waals surface area contributed by atoms with E-state index < -0.39 is 0 Å². The highest BCUT2D eigenvalue weighted by molar-refractivity contribution is 6.04. The summed E-state index contributed by atoms with van der Waals surface area (Å²) < 4.78 is 0. The van der Waals surface area contributed by atoms with E-state index in [1.165, 1.54) is 38.0 Å². The summed E-state index contributed by atoms with van der Waals surface area (Å²) in [5.41, 5.74) is 5.19. The van der Waals surface area contributed by atoms with Crippen LogP contribution in [0.15, 0.2) is 36.5 Å². The second-order valence-electron chi connectivity index (χ2n) is 8.44. The fourth-order valence-electron chi connectivity index (χ4n) is 5.29. The zero-order valence-electron chi connectivity index (χ0n) is 16.0. The number of hydrogen-bond donors (Lipinski definition) is 0. The van der Waals surface area contributed by atoms with Crippen molar-refractivity contribution in [3.05, 3.63) is 53.3 Å². The van der Waals surface area contributed by atoms with E-state index in [9.17, 15) is 4.79 Å². The van der Waals surface area contributed by atoms with Crippen molar-refractivity contribution in [3.8, 4) is 11.1 Å². The predicted molar refractivity (Wildman–Crippen MR) is 106 cm³/mol. The Labute approximate surface area is 161 Å². The number of carbonyl (C=O) groups is 1. The van der Waals surface area contributed by atoms with Crippen LogP contribution in [0.4, 0.5) is 0 Å². The number of aryl methyl sites for hydroxylation is 1. The molecule has 0 N–H and O–H groups in total. The van der Waals surface area contributed by atoms with Crippen LogP contribution in [0.2, 0.25) is 0 Å². The molecule has 4 aliphatic heterocycles. The lowest BCUT2D eigenvalue weighted by atomic mass is 9.77. The smallest absolute Gasteiger partial charge is 0.255 e. The summed E-state index contributed by atoms with van der Waals surface area (Å²) in [7, 11) is 0. The summed E-state index contributed by atoms with van der Waals surface area (Å²) in [6.45, 7) is 7.44. The largest absolute Gasteiger partial charge is 0.334 e. The van der Waals surface area contributed by atoms with Crippen LogP contribution < -0.4 is 0 Å². The van der Waals surface area contributed by atoms with E-state index in [4.69, 9.17) is 0 Å². The minimum atomic E-state index is 0.205. The molecule has 0 unspecified atom stereocenters. The Hall–Kier alpha value is -2.20. The van der Waals surface area contributed by atoms with Crippen LogP contribution in [0.5, 0.6) is 0 Å². The van der Waals surface area contributed by atoms with Gasteiger partial charge >= 0.3 is 0 Å². The number of piperidine rings is 3. The number of carbonyl (C=O) groups excluding carboxylic acids is 1. The number of benzene rings is 1. The first-order chi connectivity index (χ1) is 13.2. The van der Waals surface area contributed by atoms with Crippen molar-refractivity contribution in [1.82, 2.24) is 14.8 Å². The third-order valence-electron chi connectivity index (χ3n) is 6.78. The van der Waals surface area contributed by atoms with E-state index >= 15 is 0 Å².